The second-order valence-corrected chi connectivity index (χ2v) is 4.44. The molecule has 6 heteroatoms. The fourth-order valence-electron chi connectivity index (χ4n) is 1.51. The van der Waals surface area contributed by atoms with Gasteiger partial charge in [-0.3, -0.25) is 9.59 Å². The molecule has 1 heterocycles. The summed E-state index contributed by atoms with van der Waals surface area (Å²) in [6, 6.07) is 0. The number of hydrogen-bond donors (Lipinski definition) is 0. The summed E-state index contributed by atoms with van der Waals surface area (Å²) in [4.78, 5) is 22.3. The summed E-state index contributed by atoms with van der Waals surface area (Å²) in [6.07, 6.45) is 2.02. The Morgan fingerprint density at radius 3 is 2.81 bits per heavy atom. The van der Waals surface area contributed by atoms with Crippen molar-refractivity contribution in [3.8, 4) is 0 Å². The van der Waals surface area contributed by atoms with Crippen LogP contribution >= 0.6 is 23.0 Å². The van der Waals surface area contributed by atoms with Gasteiger partial charge in [-0.2, -0.15) is 0 Å². The van der Waals surface area contributed by atoms with E-state index in [4.69, 9.17) is 12.5 Å². The molecule has 0 amide bonds. The average Bonchev–Trinajstić information content (AvgIpc) is 2.59. The number of halogens is 1. The summed E-state index contributed by atoms with van der Waals surface area (Å²) in [7, 11) is 0. The first-order valence-electron chi connectivity index (χ1n) is 5.23. The molecule has 0 aromatic carbocycles. The minimum Gasteiger partial charge on any atom is -0.461 e. The van der Waals surface area contributed by atoms with Gasteiger partial charge in [0.15, 0.2) is 5.60 Å². The first kappa shape index (κ1) is 13.7. The molecule has 1 aliphatic rings. The van der Waals surface area contributed by atoms with Crippen LogP contribution in [0.5, 0.6) is 0 Å². The molecule has 0 aliphatic carbocycles. The van der Waals surface area contributed by atoms with Crippen molar-refractivity contribution >= 4 is 34.9 Å². The third-order valence-electron chi connectivity index (χ3n) is 2.38. The molecule has 0 spiro atoms. The third kappa shape index (κ3) is 3.89. The highest BCUT2D eigenvalue weighted by molar-refractivity contribution is 14.1. The largest absolute Gasteiger partial charge is 0.461 e. The standard InChI is InChI=1S/C10H15IO5/c1-2-3-8(12)14-6-10(7-15-11)5-4-9(13)16-10/h2-7H2,1H3. The van der Waals surface area contributed by atoms with Crippen LogP contribution in [0.1, 0.15) is 32.6 Å². The average molecular weight is 342 g/mol. The SMILES string of the molecule is CCCC(=O)OCC1(COI)CCC(=O)O1. The maximum absolute atomic E-state index is 11.2. The Balaban J connectivity index is 2.45. The summed E-state index contributed by atoms with van der Waals surface area (Å²) in [5, 5.41) is 0. The number of cyclic esters (lactones) is 1. The first-order valence-corrected chi connectivity index (χ1v) is 6.11. The third-order valence-corrected chi connectivity index (χ3v) is 2.69. The van der Waals surface area contributed by atoms with E-state index in [0.717, 1.165) is 6.42 Å². The molecule has 1 atom stereocenters. The molecule has 1 fully saturated rings. The van der Waals surface area contributed by atoms with Crippen molar-refractivity contribution in [3.05, 3.63) is 0 Å². The van der Waals surface area contributed by atoms with Crippen molar-refractivity contribution in [1.29, 1.82) is 0 Å². The number of esters is 2. The Morgan fingerprint density at radius 1 is 1.56 bits per heavy atom. The van der Waals surface area contributed by atoms with E-state index in [1.165, 1.54) is 0 Å². The fourth-order valence-corrected chi connectivity index (χ4v) is 2.07. The zero-order valence-corrected chi connectivity index (χ0v) is 11.3. The van der Waals surface area contributed by atoms with Gasteiger partial charge in [0, 0.05) is 19.3 Å². The molecule has 1 aliphatic heterocycles. The van der Waals surface area contributed by atoms with Crippen molar-refractivity contribution in [2.45, 2.75) is 38.2 Å². The summed E-state index contributed by atoms with van der Waals surface area (Å²) in [5.74, 6) is -0.529. The predicted molar refractivity (Wildman–Crippen MR) is 63.9 cm³/mol. The number of carbonyl (C=O) groups is 2. The highest BCUT2D eigenvalue weighted by Gasteiger charge is 2.42. The van der Waals surface area contributed by atoms with Crippen molar-refractivity contribution in [2.24, 2.45) is 0 Å². The molecular formula is C10H15IO5. The minimum absolute atomic E-state index is 0.0839. The quantitative estimate of drug-likeness (QED) is 0.544. The van der Waals surface area contributed by atoms with Crippen LogP contribution in [0.3, 0.4) is 0 Å². The van der Waals surface area contributed by atoms with Crippen molar-refractivity contribution in [3.63, 3.8) is 0 Å². The molecule has 0 radical (unpaired) electrons. The first-order chi connectivity index (χ1) is 7.62. The van der Waals surface area contributed by atoms with Crippen LogP contribution in [0.25, 0.3) is 0 Å². The van der Waals surface area contributed by atoms with E-state index in [-0.39, 0.29) is 25.2 Å². The predicted octanol–water partition coefficient (Wildman–Crippen LogP) is 1.77. The van der Waals surface area contributed by atoms with Gasteiger partial charge >= 0.3 is 11.9 Å². The van der Waals surface area contributed by atoms with Crippen molar-refractivity contribution in [1.82, 2.24) is 0 Å². The van der Waals surface area contributed by atoms with Crippen LogP contribution in [-0.4, -0.2) is 30.8 Å². The lowest BCUT2D eigenvalue weighted by Crippen LogP contribution is -2.39. The summed E-state index contributed by atoms with van der Waals surface area (Å²) < 4.78 is 15.2. The molecule has 92 valence electrons. The van der Waals surface area contributed by atoms with E-state index in [1.807, 2.05) is 6.92 Å². The highest BCUT2D eigenvalue weighted by atomic mass is 127. The Labute approximate surface area is 108 Å². The molecule has 0 saturated carbocycles. The molecular weight excluding hydrogens is 327 g/mol. The zero-order chi connectivity index (χ0) is 12.0. The zero-order valence-electron chi connectivity index (χ0n) is 9.16. The van der Waals surface area contributed by atoms with Gasteiger partial charge in [0.05, 0.1) is 0 Å². The second-order valence-electron chi connectivity index (χ2n) is 3.82. The summed E-state index contributed by atoms with van der Waals surface area (Å²) in [5.41, 5.74) is -0.776. The topological polar surface area (TPSA) is 61.8 Å². The summed E-state index contributed by atoms with van der Waals surface area (Å²) in [6.45, 7) is 2.24. The molecule has 0 aromatic heterocycles. The molecule has 0 N–H and O–H groups in total. The maximum Gasteiger partial charge on any atom is 0.306 e. The van der Waals surface area contributed by atoms with Crippen molar-refractivity contribution in [2.75, 3.05) is 13.2 Å². The van der Waals surface area contributed by atoms with E-state index in [1.54, 1.807) is 23.0 Å². The van der Waals surface area contributed by atoms with E-state index in [2.05, 4.69) is 0 Å². The summed E-state index contributed by atoms with van der Waals surface area (Å²) >= 11 is 1.74. The van der Waals surface area contributed by atoms with Crippen LogP contribution in [0.2, 0.25) is 0 Å². The van der Waals surface area contributed by atoms with Gasteiger partial charge in [0.25, 0.3) is 0 Å². The van der Waals surface area contributed by atoms with Gasteiger partial charge in [-0.15, -0.1) is 0 Å². The molecule has 1 saturated heterocycles. The van der Waals surface area contributed by atoms with Gasteiger partial charge < -0.3 is 12.5 Å². The smallest absolute Gasteiger partial charge is 0.306 e. The number of hydrogen-bond acceptors (Lipinski definition) is 5. The number of rotatable bonds is 6. The molecule has 0 bridgehead atoms. The van der Waals surface area contributed by atoms with Crippen LogP contribution in [0.4, 0.5) is 0 Å². The Morgan fingerprint density at radius 2 is 2.31 bits per heavy atom. The second kappa shape index (κ2) is 6.39. The van der Waals surface area contributed by atoms with Gasteiger partial charge in [-0.05, 0) is 6.42 Å². The lowest BCUT2D eigenvalue weighted by atomic mass is 10.0. The Bertz CT molecular complexity index is 268. The van der Waals surface area contributed by atoms with E-state index < -0.39 is 5.60 Å². The van der Waals surface area contributed by atoms with Crippen LogP contribution in [0.15, 0.2) is 0 Å². The minimum atomic E-state index is -0.776. The van der Waals surface area contributed by atoms with Gasteiger partial charge in [0.2, 0.25) is 0 Å². The monoisotopic (exact) mass is 342 g/mol. The Hall–Kier alpha value is -0.370. The molecule has 1 rings (SSSR count). The van der Waals surface area contributed by atoms with E-state index in [0.29, 0.717) is 19.3 Å². The molecule has 0 aromatic rings. The maximum atomic E-state index is 11.2. The molecule has 16 heavy (non-hydrogen) atoms. The van der Waals surface area contributed by atoms with Crippen LogP contribution in [-0.2, 0) is 22.1 Å². The van der Waals surface area contributed by atoms with E-state index >= 15 is 0 Å². The number of carbonyl (C=O) groups excluding carboxylic acids is 2. The van der Waals surface area contributed by atoms with Crippen LogP contribution < -0.4 is 0 Å². The fraction of sp³-hybridized carbons (Fsp3) is 0.800. The van der Waals surface area contributed by atoms with Gasteiger partial charge in [-0.1, -0.05) is 6.92 Å². The van der Waals surface area contributed by atoms with Gasteiger partial charge in [-0.25, -0.2) is 0 Å². The Kier molecular flexibility index (Phi) is 5.47. The molecule has 1 unspecified atom stereocenters. The lowest BCUT2D eigenvalue weighted by Gasteiger charge is -2.25. The lowest BCUT2D eigenvalue weighted by molar-refractivity contribution is -0.164. The van der Waals surface area contributed by atoms with Crippen LogP contribution in [0, 0.1) is 0 Å². The van der Waals surface area contributed by atoms with Crippen molar-refractivity contribution < 1.29 is 22.1 Å². The van der Waals surface area contributed by atoms with Gasteiger partial charge in [0.1, 0.15) is 36.2 Å². The normalized spacial score (nSPS) is 24.2. The van der Waals surface area contributed by atoms with E-state index in [9.17, 15) is 9.59 Å². The molecule has 5 nitrogen and oxygen atoms in total. The highest BCUT2D eigenvalue weighted by Crippen LogP contribution is 2.28. The number of ether oxygens (including phenoxy) is 2.